The van der Waals surface area contributed by atoms with Crippen LogP contribution in [0.2, 0.25) is 0 Å². The Bertz CT molecular complexity index is 493. The summed E-state index contributed by atoms with van der Waals surface area (Å²) in [4.78, 5) is 22.9. The smallest absolute Gasteiger partial charge is 0.347 e. The molecule has 0 spiro atoms. The number of rotatable bonds is 0. The standard InChI is InChI=1S/C13H14O3/c1-7-5-8(13(2,3)4)6-9-10(7)12(15)16-11(9)14/h5-6H,1-4H3. The highest BCUT2D eigenvalue weighted by molar-refractivity contribution is 6.15. The van der Waals surface area contributed by atoms with Crippen LogP contribution in [0.3, 0.4) is 0 Å². The molecule has 16 heavy (non-hydrogen) atoms. The molecule has 1 aromatic carbocycles. The van der Waals surface area contributed by atoms with E-state index in [9.17, 15) is 9.59 Å². The number of esters is 2. The number of fused-ring (bicyclic) bond motifs is 1. The van der Waals surface area contributed by atoms with Crippen molar-refractivity contribution in [3.05, 3.63) is 34.4 Å². The van der Waals surface area contributed by atoms with Gasteiger partial charge in [-0.3, -0.25) is 0 Å². The van der Waals surface area contributed by atoms with E-state index < -0.39 is 11.9 Å². The summed E-state index contributed by atoms with van der Waals surface area (Å²) in [5, 5.41) is 0. The van der Waals surface area contributed by atoms with Crippen LogP contribution >= 0.6 is 0 Å². The molecule has 0 amide bonds. The number of ether oxygens (including phenoxy) is 1. The summed E-state index contributed by atoms with van der Waals surface area (Å²) in [6, 6.07) is 3.70. The van der Waals surface area contributed by atoms with Crippen LogP contribution in [0.15, 0.2) is 12.1 Å². The number of aryl methyl sites for hydroxylation is 1. The van der Waals surface area contributed by atoms with Crippen LogP contribution in [-0.2, 0) is 10.2 Å². The van der Waals surface area contributed by atoms with Crippen LogP contribution in [0.5, 0.6) is 0 Å². The maximum atomic E-state index is 11.5. The van der Waals surface area contributed by atoms with Gasteiger partial charge in [-0.25, -0.2) is 9.59 Å². The minimum absolute atomic E-state index is 0.0499. The van der Waals surface area contributed by atoms with E-state index in [1.54, 1.807) is 6.07 Å². The van der Waals surface area contributed by atoms with E-state index in [1.165, 1.54) is 0 Å². The summed E-state index contributed by atoms with van der Waals surface area (Å²) in [6.07, 6.45) is 0. The van der Waals surface area contributed by atoms with Crippen molar-refractivity contribution in [1.29, 1.82) is 0 Å². The Morgan fingerprint density at radius 1 is 1.06 bits per heavy atom. The van der Waals surface area contributed by atoms with Crippen LogP contribution in [-0.4, -0.2) is 11.9 Å². The molecule has 0 fully saturated rings. The molecule has 0 N–H and O–H groups in total. The zero-order valence-electron chi connectivity index (χ0n) is 9.88. The molecule has 1 heterocycles. The lowest BCUT2D eigenvalue weighted by Gasteiger charge is -2.20. The Hall–Kier alpha value is -1.64. The van der Waals surface area contributed by atoms with Gasteiger partial charge in [0.2, 0.25) is 0 Å². The average Bonchev–Trinajstić information content (AvgIpc) is 2.41. The molecule has 2 rings (SSSR count). The molecule has 0 saturated carbocycles. The molecule has 1 aromatic rings. The fraction of sp³-hybridized carbons (Fsp3) is 0.385. The van der Waals surface area contributed by atoms with E-state index in [2.05, 4.69) is 25.5 Å². The highest BCUT2D eigenvalue weighted by Crippen LogP contribution is 2.30. The number of hydrogen-bond acceptors (Lipinski definition) is 3. The zero-order valence-corrected chi connectivity index (χ0v) is 9.88. The van der Waals surface area contributed by atoms with Crippen molar-refractivity contribution in [2.75, 3.05) is 0 Å². The third kappa shape index (κ3) is 1.52. The first-order chi connectivity index (χ1) is 7.30. The molecule has 0 atom stereocenters. The summed E-state index contributed by atoms with van der Waals surface area (Å²) in [5.41, 5.74) is 2.60. The maximum absolute atomic E-state index is 11.5. The summed E-state index contributed by atoms with van der Waals surface area (Å²) in [6.45, 7) is 8.02. The van der Waals surface area contributed by atoms with Crippen molar-refractivity contribution >= 4 is 11.9 Å². The molecule has 0 saturated heterocycles. The van der Waals surface area contributed by atoms with Gasteiger partial charge < -0.3 is 4.74 Å². The van der Waals surface area contributed by atoms with E-state index in [1.807, 2.05) is 13.0 Å². The van der Waals surface area contributed by atoms with Gasteiger partial charge in [0.15, 0.2) is 0 Å². The molecular weight excluding hydrogens is 204 g/mol. The number of carbonyl (C=O) groups excluding carboxylic acids is 2. The summed E-state index contributed by atoms with van der Waals surface area (Å²) >= 11 is 0. The van der Waals surface area contributed by atoms with E-state index in [4.69, 9.17) is 0 Å². The second-order valence-corrected chi connectivity index (χ2v) is 5.14. The lowest BCUT2D eigenvalue weighted by molar-refractivity contribution is 0.0443. The van der Waals surface area contributed by atoms with E-state index in [0.717, 1.165) is 11.1 Å². The highest BCUT2D eigenvalue weighted by atomic mass is 16.6. The number of hydrogen-bond donors (Lipinski definition) is 0. The van der Waals surface area contributed by atoms with Gasteiger partial charge in [0.25, 0.3) is 0 Å². The topological polar surface area (TPSA) is 43.4 Å². The molecule has 0 radical (unpaired) electrons. The Morgan fingerprint density at radius 3 is 2.25 bits per heavy atom. The second-order valence-electron chi connectivity index (χ2n) is 5.14. The van der Waals surface area contributed by atoms with Crippen molar-refractivity contribution in [3.63, 3.8) is 0 Å². The molecule has 0 aliphatic carbocycles. The van der Waals surface area contributed by atoms with E-state index >= 15 is 0 Å². The van der Waals surface area contributed by atoms with Crippen molar-refractivity contribution in [2.45, 2.75) is 33.1 Å². The van der Waals surface area contributed by atoms with Gasteiger partial charge in [-0.05, 0) is 29.5 Å². The lowest BCUT2D eigenvalue weighted by Crippen LogP contribution is -2.13. The van der Waals surface area contributed by atoms with E-state index in [0.29, 0.717) is 11.1 Å². The largest absolute Gasteiger partial charge is 0.386 e. The van der Waals surface area contributed by atoms with Crippen molar-refractivity contribution in [1.82, 2.24) is 0 Å². The van der Waals surface area contributed by atoms with Gasteiger partial charge in [0, 0.05) is 0 Å². The first-order valence-electron chi connectivity index (χ1n) is 5.22. The van der Waals surface area contributed by atoms with Crippen LogP contribution in [0.4, 0.5) is 0 Å². The number of carbonyl (C=O) groups is 2. The highest BCUT2D eigenvalue weighted by Gasteiger charge is 2.32. The molecule has 1 aliphatic rings. The second kappa shape index (κ2) is 3.17. The Kier molecular flexibility index (Phi) is 2.15. The Balaban J connectivity index is 2.68. The predicted octanol–water partition coefficient (Wildman–Crippen LogP) is 2.60. The van der Waals surface area contributed by atoms with Gasteiger partial charge in [-0.1, -0.05) is 26.8 Å². The molecule has 3 heteroatoms. The third-order valence-corrected chi connectivity index (χ3v) is 2.81. The third-order valence-electron chi connectivity index (χ3n) is 2.81. The van der Waals surface area contributed by atoms with Gasteiger partial charge in [-0.15, -0.1) is 0 Å². The monoisotopic (exact) mass is 218 g/mol. The molecule has 84 valence electrons. The molecule has 0 aromatic heterocycles. The van der Waals surface area contributed by atoms with Crippen LogP contribution in [0, 0.1) is 6.92 Å². The molecule has 0 unspecified atom stereocenters. The summed E-state index contributed by atoms with van der Waals surface area (Å²) in [7, 11) is 0. The zero-order chi connectivity index (χ0) is 12.1. The van der Waals surface area contributed by atoms with E-state index in [-0.39, 0.29) is 5.41 Å². The van der Waals surface area contributed by atoms with Crippen molar-refractivity contribution in [3.8, 4) is 0 Å². The number of benzene rings is 1. The first-order valence-corrected chi connectivity index (χ1v) is 5.22. The normalized spacial score (nSPS) is 15.0. The fourth-order valence-corrected chi connectivity index (χ4v) is 1.84. The predicted molar refractivity (Wildman–Crippen MR) is 59.6 cm³/mol. The minimum atomic E-state index is -0.533. The van der Waals surface area contributed by atoms with Crippen molar-refractivity contribution < 1.29 is 14.3 Å². The van der Waals surface area contributed by atoms with Gasteiger partial charge in [0.05, 0.1) is 11.1 Å². The van der Waals surface area contributed by atoms with Crippen LogP contribution in [0.1, 0.15) is 52.6 Å². The Labute approximate surface area is 94.4 Å². The first kappa shape index (κ1) is 10.9. The SMILES string of the molecule is Cc1cc(C(C)(C)C)cc2c1C(=O)OC2=O. The number of cyclic esters (lactones) is 2. The quantitative estimate of drug-likeness (QED) is 0.496. The molecule has 0 bridgehead atoms. The average molecular weight is 218 g/mol. The molecule has 3 nitrogen and oxygen atoms in total. The van der Waals surface area contributed by atoms with Crippen molar-refractivity contribution in [2.24, 2.45) is 0 Å². The van der Waals surface area contributed by atoms with Gasteiger partial charge in [-0.2, -0.15) is 0 Å². The lowest BCUT2D eigenvalue weighted by atomic mass is 9.84. The van der Waals surface area contributed by atoms with Gasteiger partial charge >= 0.3 is 11.9 Å². The molecule has 1 aliphatic heterocycles. The van der Waals surface area contributed by atoms with Crippen LogP contribution < -0.4 is 0 Å². The Morgan fingerprint density at radius 2 is 1.69 bits per heavy atom. The summed E-state index contributed by atoms with van der Waals surface area (Å²) in [5.74, 6) is -1.06. The minimum Gasteiger partial charge on any atom is -0.386 e. The van der Waals surface area contributed by atoms with Crippen LogP contribution in [0.25, 0.3) is 0 Å². The maximum Gasteiger partial charge on any atom is 0.347 e. The molecular formula is C13H14O3. The van der Waals surface area contributed by atoms with Gasteiger partial charge in [0.1, 0.15) is 0 Å². The summed E-state index contributed by atoms with van der Waals surface area (Å²) < 4.78 is 4.60. The fourth-order valence-electron chi connectivity index (χ4n) is 1.84.